The molecule has 0 aromatic rings. The second-order valence-corrected chi connectivity index (χ2v) is 3.91. The minimum absolute atomic E-state index is 0.160. The molecule has 3 heteroatoms. The Kier molecular flexibility index (Phi) is 7.96. The zero-order chi connectivity index (χ0) is 11.7. The molecule has 0 saturated heterocycles. The highest BCUT2D eigenvalue weighted by atomic mass is 16.2. The van der Waals surface area contributed by atoms with Crippen LogP contribution in [0.1, 0.15) is 52.4 Å². The monoisotopic (exact) mass is 213 g/mol. The molecule has 0 heterocycles. The fraction of sp³-hybridized carbons (Fsp3) is 0.833. The molecule has 0 bridgehead atoms. The smallest absolute Gasteiger partial charge is 0.222 e. The lowest BCUT2D eigenvalue weighted by atomic mass is 10.1. The predicted octanol–water partition coefficient (Wildman–Crippen LogP) is 2.39. The fourth-order valence-corrected chi connectivity index (χ4v) is 1.32. The number of amides is 1. The van der Waals surface area contributed by atoms with Crippen molar-refractivity contribution in [1.82, 2.24) is 4.90 Å². The summed E-state index contributed by atoms with van der Waals surface area (Å²) in [4.78, 5) is 24.3. The van der Waals surface area contributed by atoms with Crippen LogP contribution in [-0.4, -0.2) is 30.2 Å². The van der Waals surface area contributed by atoms with Gasteiger partial charge in [0.05, 0.1) is 0 Å². The minimum Gasteiger partial charge on any atom is -0.346 e. The van der Waals surface area contributed by atoms with Gasteiger partial charge in [0.2, 0.25) is 5.91 Å². The molecule has 0 rings (SSSR count). The molecule has 0 aromatic carbocycles. The molecule has 0 aliphatic carbocycles. The maximum atomic E-state index is 11.5. The SMILES string of the molecule is CCCCN(C)C(=O)CCCC(=O)CC. The molecular weight excluding hydrogens is 190 g/mol. The van der Waals surface area contributed by atoms with Gasteiger partial charge in [-0.25, -0.2) is 0 Å². The Balaban J connectivity index is 3.59. The van der Waals surface area contributed by atoms with Gasteiger partial charge in [0.1, 0.15) is 5.78 Å². The summed E-state index contributed by atoms with van der Waals surface area (Å²) in [6, 6.07) is 0. The van der Waals surface area contributed by atoms with E-state index in [1.54, 1.807) is 4.90 Å². The average Bonchev–Trinajstić information content (AvgIpc) is 2.25. The first-order valence-corrected chi connectivity index (χ1v) is 5.87. The van der Waals surface area contributed by atoms with E-state index in [2.05, 4.69) is 6.92 Å². The van der Waals surface area contributed by atoms with Crippen LogP contribution in [0.2, 0.25) is 0 Å². The number of carbonyl (C=O) groups is 2. The maximum absolute atomic E-state index is 11.5. The van der Waals surface area contributed by atoms with Gasteiger partial charge in [-0.05, 0) is 12.8 Å². The Morgan fingerprint density at radius 1 is 1.07 bits per heavy atom. The minimum atomic E-state index is 0.160. The second-order valence-electron chi connectivity index (χ2n) is 3.91. The lowest BCUT2D eigenvalue weighted by Gasteiger charge is -2.16. The molecule has 0 unspecified atom stereocenters. The van der Waals surface area contributed by atoms with E-state index in [0.29, 0.717) is 25.7 Å². The molecule has 0 atom stereocenters. The van der Waals surface area contributed by atoms with Crippen molar-refractivity contribution in [3.8, 4) is 0 Å². The van der Waals surface area contributed by atoms with Gasteiger partial charge >= 0.3 is 0 Å². The summed E-state index contributed by atoms with van der Waals surface area (Å²) in [5.41, 5.74) is 0. The van der Waals surface area contributed by atoms with Gasteiger partial charge in [0.25, 0.3) is 0 Å². The molecule has 0 saturated carbocycles. The van der Waals surface area contributed by atoms with Gasteiger partial charge in [-0.3, -0.25) is 9.59 Å². The Hall–Kier alpha value is -0.860. The number of hydrogen-bond acceptors (Lipinski definition) is 2. The van der Waals surface area contributed by atoms with Crippen LogP contribution in [-0.2, 0) is 9.59 Å². The highest BCUT2D eigenvalue weighted by Gasteiger charge is 2.08. The van der Waals surface area contributed by atoms with E-state index in [0.717, 1.165) is 19.4 Å². The van der Waals surface area contributed by atoms with Crippen LogP contribution >= 0.6 is 0 Å². The largest absolute Gasteiger partial charge is 0.346 e. The van der Waals surface area contributed by atoms with E-state index in [1.165, 1.54) is 0 Å². The van der Waals surface area contributed by atoms with Crippen LogP contribution in [0.4, 0.5) is 0 Å². The van der Waals surface area contributed by atoms with Gasteiger partial charge in [0, 0.05) is 32.9 Å². The maximum Gasteiger partial charge on any atom is 0.222 e. The van der Waals surface area contributed by atoms with E-state index in [-0.39, 0.29) is 11.7 Å². The predicted molar refractivity (Wildman–Crippen MR) is 61.7 cm³/mol. The summed E-state index contributed by atoms with van der Waals surface area (Å²) in [6.07, 6.45) is 4.49. The van der Waals surface area contributed by atoms with Gasteiger partial charge in [0.15, 0.2) is 0 Å². The number of carbonyl (C=O) groups excluding carboxylic acids is 2. The van der Waals surface area contributed by atoms with E-state index >= 15 is 0 Å². The average molecular weight is 213 g/mol. The van der Waals surface area contributed by atoms with Crippen molar-refractivity contribution in [3.05, 3.63) is 0 Å². The molecule has 0 fully saturated rings. The number of Topliss-reactive ketones (excluding diaryl/α,β-unsaturated/α-hetero) is 1. The lowest BCUT2D eigenvalue weighted by molar-refractivity contribution is -0.130. The molecule has 0 radical (unpaired) electrons. The molecular formula is C12H23NO2. The molecule has 0 aliphatic rings. The normalized spacial score (nSPS) is 10.1. The van der Waals surface area contributed by atoms with Crippen molar-refractivity contribution in [3.63, 3.8) is 0 Å². The summed E-state index contributed by atoms with van der Waals surface area (Å²) < 4.78 is 0. The molecule has 0 aromatic heterocycles. The van der Waals surface area contributed by atoms with E-state index in [9.17, 15) is 9.59 Å². The van der Waals surface area contributed by atoms with Crippen molar-refractivity contribution >= 4 is 11.7 Å². The zero-order valence-corrected chi connectivity index (χ0v) is 10.2. The second kappa shape index (κ2) is 8.45. The van der Waals surface area contributed by atoms with Crippen LogP contribution in [0.5, 0.6) is 0 Å². The van der Waals surface area contributed by atoms with Crippen molar-refractivity contribution in [2.75, 3.05) is 13.6 Å². The van der Waals surface area contributed by atoms with Crippen LogP contribution in [0, 0.1) is 0 Å². The Morgan fingerprint density at radius 3 is 2.27 bits per heavy atom. The fourth-order valence-electron chi connectivity index (χ4n) is 1.32. The van der Waals surface area contributed by atoms with E-state index in [4.69, 9.17) is 0 Å². The highest BCUT2D eigenvalue weighted by Crippen LogP contribution is 2.03. The number of hydrogen-bond donors (Lipinski definition) is 0. The first kappa shape index (κ1) is 14.1. The molecule has 88 valence electrons. The quantitative estimate of drug-likeness (QED) is 0.621. The van der Waals surface area contributed by atoms with E-state index in [1.807, 2.05) is 14.0 Å². The summed E-state index contributed by atoms with van der Waals surface area (Å²) in [7, 11) is 1.83. The first-order valence-electron chi connectivity index (χ1n) is 5.87. The van der Waals surface area contributed by atoms with Gasteiger partial charge in [-0.2, -0.15) is 0 Å². The topological polar surface area (TPSA) is 37.4 Å². The van der Waals surface area contributed by atoms with Gasteiger partial charge < -0.3 is 4.90 Å². The van der Waals surface area contributed by atoms with Gasteiger partial charge in [-0.15, -0.1) is 0 Å². The van der Waals surface area contributed by atoms with Crippen molar-refractivity contribution in [1.29, 1.82) is 0 Å². The highest BCUT2D eigenvalue weighted by molar-refractivity contribution is 5.79. The zero-order valence-electron chi connectivity index (χ0n) is 10.2. The first-order chi connectivity index (χ1) is 7.11. The summed E-state index contributed by atoms with van der Waals surface area (Å²) in [6.45, 7) is 4.80. The molecule has 3 nitrogen and oxygen atoms in total. The number of unbranched alkanes of at least 4 members (excludes halogenated alkanes) is 1. The van der Waals surface area contributed by atoms with Crippen LogP contribution in [0.15, 0.2) is 0 Å². The summed E-state index contributed by atoms with van der Waals surface area (Å²) in [5, 5.41) is 0. The number of ketones is 1. The molecule has 1 amide bonds. The molecule has 0 N–H and O–H groups in total. The number of rotatable bonds is 8. The third-order valence-electron chi connectivity index (χ3n) is 2.51. The Labute approximate surface area is 92.8 Å². The summed E-state index contributed by atoms with van der Waals surface area (Å²) >= 11 is 0. The van der Waals surface area contributed by atoms with Crippen molar-refractivity contribution in [2.24, 2.45) is 0 Å². The molecule has 0 spiro atoms. The van der Waals surface area contributed by atoms with Crippen molar-refractivity contribution < 1.29 is 9.59 Å². The Morgan fingerprint density at radius 2 is 1.73 bits per heavy atom. The standard InChI is InChI=1S/C12H23NO2/c1-4-6-10-13(3)12(15)9-7-8-11(14)5-2/h4-10H2,1-3H3. The summed E-state index contributed by atoms with van der Waals surface area (Å²) in [5.74, 6) is 0.409. The van der Waals surface area contributed by atoms with Crippen LogP contribution in [0.25, 0.3) is 0 Å². The van der Waals surface area contributed by atoms with Crippen LogP contribution < -0.4 is 0 Å². The van der Waals surface area contributed by atoms with Crippen molar-refractivity contribution in [2.45, 2.75) is 52.4 Å². The third kappa shape index (κ3) is 7.11. The van der Waals surface area contributed by atoms with E-state index < -0.39 is 0 Å². The molecule has 15 heavy (non-hydrogen) atoms. The Bertz CT molecular complexity index is 202. The molecule has 0 aliphatic heterocycles. The lowest BCUT2D eigenvalue weighted by Crippen LogP contribution is -2.27. The number of nitrogens with zero attached hydrogens (tertiary/aromatic N) is 1. The third-order valence-corrected chi connectivity index (χ3v) is 2.51. The van der Waals surface area contributed by atoms with Crippen LogP contribution in [0.3, 0.4) is 0 Å². The van der Waals surface area contributed by atoms with Gasteiger partial charge in [-0.1, -0.05) is 20.3 Å².